The minimum Gasteiger partial charge on any atom is -0.323 e. The van der Waals surface area contributed by atoms with Crippen LogP contribution in [0.1, 0.15) is 109 Å². The van der Waals surface area contributed by atoms with Crippen molar-refractivity contribution in [3.8, 4) is 0 Å². The minimum atomic E-state index is -0.0386. The first-order valence-corrected chi connectivity index (χ1v) is 12.6. The van der Waals surface area contributed by atoms with Gasteiger partial charge in [-0.15, -0.1) is 0 Å². The van der Waals surface area contributed by atoms with Gasteiger partial charge in [-0.2, -0.15) is 0 Å². The second-order valence-electron chi connectivity index (χ2n) is 10.2. The summed E-state index contributed by atoms with van der Waals surface area (Å²) in [6, 6.07) is 8.59. The van der Waals surface area contributed by atoms with Gasteiger partial charge in [0.1, 0.15) is 0 Å². The third-order valence-electron chi connectivity index (χ3n) is 7.62. The Labute approximate surface area is 184 Å². The van der Waals surface area contributed by atoms with Crippen LogP contribution >= 0.6 is 0 Å². The van der Waals surface area contributed by atoms with Gasteiger partial charge in [-0.1, -0.05) is 63.2 Å². The predicted octanol–water partition coefficient (Wildman–Crippen LogP) is 8.25. The van der Waals surface area contributed by atoms with E-state index in [1.165, 1.54) is 82.6 Å². The van der Waals surface area contributed by atoms with Crippen molar-refractivity contribution in [2.45, 2.75) is 104 Å². The number of benzene rings is 1. The molecule has 1 aromatic carbocycles. The molecule has 2 nitrogen and oxygen atoms in total. The lowest BCUT2D eigenvalue weighted by Gasteiger charge is -2.38. The van der Waals surface area contributed by atoms with Gasteiger partial charge in [-0.25, -0.2) is 0 Å². The Morgan fingerprint density at radius 3 is 2.07 bits per heavy atom. The van der Waals surface area contributed by atoms with E-state index < -0.39 is 0 Å². The molecule has 0 atom stereocenters. The van der Waals surface area contributed by atoms with Crippen LogP contribution < -0.4 is 5.32 Å². The molecule has 1 aromatic rings. The first-order valence-electron chi connectivity index (χ1n) is 12.6. The highest BCUT2D eigenvalue weighted by atomic mass is 16.1. The van der Waals surface area contributed by atoms with Gasteiger partial charge in [-0.3, -0.25) is 4.79 Å². The van der Waals surface area contributed by atoms with Crippen LogP contribution in [0.3, 0.4) is 0 Å². The second kappa shape index (κ2) is 11.7. The smallest absolute Gasteiger partial charge is 0.248 e. The highest BCUT2D eigenvalue weighted by Crippen LogP contribution is 2.44. The molecular formula is C28H43NO. The highest BCUT2D eigenvalue weighted by Gasteiger charge is 2.31. The van der Waals surface area contributed by atoms with Crippen LogP contribution in [-0.4, -0.2) is 5.91 Å². The largest absolute Gasteiger partial charge is 0.323 e. The molecule has 0 saturated heterocycles. The third kappa shape index (κ3) is 7.00. The van der Waals surface area contributed by atoms with Crippen molar-refractivity contribution in [2.24, 2.45) is 17.8 Å². The van der Waals surface area contributed by atoms with Gasteiger partial charge in [0.15, 0.2) is 0 Å². The molecule has 2 saturated carbocycles. The number of rotatable bonds is 8. The summed E-state index contributed by atoms with van der Waals surface area (Å²) in [7, 11) is 0. The zero-order chi connectivity index (χ0) is 21.3. The molecular weight excluding hydrogens is 366 g/mol. The molecule has 0 aliphatic heterocycles. The van der Waals surface area contributed by atoms with Crippen molar-refractivity contribution in [1.82, 2.24) is 0 Å². The minimum absolute atomic E-state index is 0.0386. The second-order valence-corrected chi connectivity index (χ2v) is 10.2. The summed E-state index contributed by atoms with van der Waals surface area (Å²) in [4.78, 5) is 11.9. The number of carbonyl (C=O) groups excluding carboxylic acids is 1. The Hall–Kier alpha value is -1.57. The molecule has 2 heteroatoms. The van der Waals surface area contributed by atoms with Crippen LogP contribution in [0.25, 0.3) is 0 Å². The fourth-order valence-electron chi connectivity index (χ4n) is 5.83. The number of unbranched alkanes of at least 4 members (excludes halogenated alkanes) is 2. The number of allylic oxidation sites excluding steroid dienone is 1. The molecule has 1 N–H and O–H groups in total. The Morgan fingerprint density at radius 1 is 0.900 bits per heavy atom. The van der Waals surface area contributed by atoms with E-state index in [1.54, 1.807) is 6.08 Å². The van der Waals surface area contributed by atoms with E-state index >= 15 is 0 Å². The summed E-state index contributed by atoms with van der Waals surface area (Å²) in [6.45, 7) is 6.20. The van der Waals surface area contributed by atoms with Crippen molar-refractivity contribution in [1.29, 1.82) is 0 Å². The zero-order valence-corrected chi connectivity index (χ0v) is 19.6. The van der Waals surface area contributed by atoms with Gasteiger partial charge in [0.05, 0.1) is 0 Å². The number of amides is 1. The first kappa shape index (κ1) is 23.1. The Morgan fingerprint density at radius 2 is 1.50 bits per heavy atom. The SMILES string of the molecule is CCCCCC1CCC(C2CCC(c3ccc(NC(=O)C=C(C)C)cc3)CC2)CC1. The van der Waals surface area contributed by atoms with Crippen LogP contribution in [0.2, 0.25) is 0 Å². The third-order valence-corrected chi connectivity index (χ3v) is 7.62. The summed E-state index contributed by atoms with van der Waals surface area (Å²) in [5.74, 6) is 3.67. The van der Waals surface area contributed by atoms with Crippen molar-refractivity contribution >= 4 is 11.6 Å². The molecule has 0 aromatic heterocycles. The summed E-state index contributed by atoms with van der Waals surface area (Å²) < 4.78 is 0. The van der Waals surface area contributed by atoms with Crippen molar-refractivity contribution < 1.29 is 4.79 Å². The Balaban J connectivity index is 1.41. The maximum atomic E-state index is 11.9. The lowest BCUT2D eigenvalue weighted by Crippen LogP contribution is -2.25. The van der Waals surface area contributed by atoms with E-state index in [2.05, 4.69) is 36.5 Å². The van der Waals surface area contributed by atoms with Gasteiger partial charge in [0.25, 0.3) is 0 Å². The van der Waals surface area contributed by atoms with Crippen molar-refractivity contribution in [2.75, 3.05) is 5.32 Å². The van der Waals surface area contributed by atoms with E-state index in [1.807, 2.05) is 13.8 Å². The van der Waals surface area contributed by atoms with E-state index in [9.17, 15) is 4.79 Å². The molecule has 0 spiro atoms. The van der Waals surface area contributed by atoms with Crippen molar-refractivity contribution in [3.63, 3.8) is 0 Å². The molecule has 30 heavy (non-hydrogen) atoms. The summed E-state index contributed by atoms with van der Waals surface area (Å²) >= 11 is 0. The number of hydrogen-bond donors (Lipinski definition) is 1. The molecule has 166 valence electrons. The van der Waals surface area contributed by atoms with Crippen LogP contribution in [0.5, 0.6) is 0 Å². The molecule has 3 rings (SSSR count). The van der Waals surface area contributed by atoms with Crippen LogP contribution in [0.15, 0.2) is 35.9 Å². The number of carbonyl (C=O) groups is 1. The van der Waals surface area contributed by atoms with Gasteiger partial charge < -0.3 is 5.32 Å². The summed E-state index contributed by atoms with van der Waals surface area (Å²) in [5, 5.41) is 2.96. The van der Waals surface area contributed by atoms with Gasteiger partial charge in [0, 0.05) is 11.8 Å². The summed E-state index contributed by atoms with van der Waals surface area (Å²) in [5.41, 5.74) is 3.37. The average Bonchev–Trinajstić information content (AvgIpc) is 2.75. The van der Waals surface area contributed by atoms with E-state index in [0.717, 1.165) is 29.0 Å². The molecule has 0 heterocycles. The molecule has 0 bridgehead atoms. The molecule has 2 fully saturated rings. The van der Waals surface area contributed by atoms with Crippen LogP contribution in [0.4, 0.5) is 5.69 Å². The Kier molecular flexibility index (Phi) is 9.03. The Bertz CT molecular complexity index is 669. The van der Waals surface area contributed by atoms with Gasteiger partial charge >= 0.3 is 0 Å². The van der Waals surface area contributed by atoms with E-state index in [-0.39, 0.29) is 5.91 Å². The average molecular weight is 410 g/mol. The topological polar surface area (TPSA) is 29.1 Å². The van der Waals surface area contributed by atoms with Crippen LogP contribution in [0, 0.1) is 17.8 Å². The van der Waals surface area contributed by atoms with E-state index in [4.69, 9.17) is 0 Å². The van der Waals surface area contributed by atoms with Crippen molar-refractivity contribution in [3.05, 3.63) is 41.5 Å². The quantitative estimate of drug-likeness (QED) is 0.340. The maximum absolute atomic E-state index is 11.9. The molecule has 0 unspecified atom stereocenters. The first-order chi connectivity index (χ1) is 14.5. The normalized spacial score (nSPS) is 26.8. The standard InChI is InChI=1S/C28H43NO/c1-4-5-6-7-22-8-10-23(11-9-22)24-12-14-25(15-13-24)26-16-18-27(19-17-26)29-28(30)20-21(2)3/h16-20,22-25H,4-15H2,1-3H3,(H,29,30). The summed E-state index contributed by atoms with van der Waals surface area (Å²) in [6.07, 6.45) is 18.8. The molecule has 0 radical (unpaired) electrons. The number of anilines is 1. The fourth-order valence-corrected chi connectivity index (χ4v) is 5.83. The monoisotopic (exact) mass is 409 g/mol. The molecule has 2 aliphatic carbocycles. The van der Waals surface area contributed by atoms with E-state index in [0.29, 0.717) is 5.92 Å². The number of nitrogens with one attached hydrogen (secondary N) is 1. The molecule has 2 aliphatic rings. The lowest BCUT2D eigenvalue weighted by atomic mass is 9.68. The number of hydrogen-bond acceptors (Lipinski definition) is 1. The van der Waals surface area contributed by atoms with Crippen LogP contribution in [-0.2, 0) is 4.79 Å². The maximum Gasteiger partial charge on any atom is 0.248 e. The molecule has 1 amide bonds. The highest BCUT2D eigenvalue weighted by molar-refractivity contribution is 5.99. The van der Waals surface area contributed by atoms with Gasteiger partial charge in [-0.05, 0) is 93.7 Å². The predicted molar refractivity (Wildman–Crippen MR) is 129 cm³/mol. The zero-order valence-electron chi connectivity index (χ0n) is 19.6. The lowest BCUT2D eigenvalue weighted by molar-refractivity contribution is -0.111. The fraction of sp³-hybridized carbons (Fsp3) is 0.679. The van der Waals surface area contributed by atoms with Gasteiger partial charge in [0.2, 0.25) is 5.91 Å².